The Hall–Kier alpha value is 1.50. The summed E-state index contributed by atoms with van der Waals surface area (Å²) in [4.78, 5) is 8.89. The van der Waals surface area contributed by atoms with Crippen LogP contribution in [0.4, 0.5) is 0 Å². The summed E-state index contributed by atoms with van der Waals surface area (Å²) in [6.45, 7) is 0.972. The van der Waals surface area contributed by atoms with Gasteiger partial charge in [-0.25, -0.2) is 0 Å². The van der Waals surface area contributed by atoms with Crippen LogP contribution in [0.5, 0.6) is 0 Å². The fourth-order valence-electron chi connectivity index (χ4n) is 0. The van der Waals surface area contributed by atoms with Gasteiger partial charge < -0.3 is 31.4 Å². The number of carboxylic acids is 1. The summed E-state index contributed by atoms with van der Waals surface area (Å²) in [5.74, 6) is -1.08. The van der Waals surface area contributed by atoms with Gasteiger partial charge in [-0.2, -0.15) is 0 Å². The fourth-order valence-corrected chi connectivity index (χ4v) is 0. The molecule has 0 bridgehead atoms. The number of rotatable bonds is 0. The summed E-state index contributed by atoms with van der Waals surface area (Å²) in [6.07, 6.45) is 0. The van der Waals surface area contributed by atoms with Crippen molar-refractivity contribution in [3.8, 4) is 0 Å². The Morgan fingerprint density at radius 3 is 1.08 bits per heavy atom. The minimum Gasteiger partial charge on any atom is -1.00 e. The topological polar surface area (TPSA) is 120 Å². The third-order valence-corrected chi connectivity index (χ3v) is 0. The normalized spacial score (nSPS) is 6.38. The predicted molar refractivity (Wildman–Crippen MR) is 21.2 cm³/mol. The van der Waals surface area contributed by atoms with E-state index in [1.807, 2.05) is 0 Å². The Labute approximate surface area is 121 Å². The summed E-state index contributed by atoms with van der Waals surface area (Å²) in [5, 5.41) is 8.89. The van der Waals surface area contributed by atoms with Crippen molar-refractivity contribution in [2.75, 3.05) is 0 Å². The molecule has 0 saturated carbocycles. The third kappa shape index (κ3) is 793. The molecule has 0 aromatic carbocycles. The molecular weight excluding hydrogens is 384 g/mol. The molecule has 0 fully saturated rings. The smallest absolute Gasteiger partial charge is 1.00 e. The summed E-state index contributed by atoms with van der Waals surface area (Å²) in [5.41, 5.74) is 0. The number of carbonyl (C=O) groups is 1. The first-order valence-corrected chi connectivity index (χ1v) is 2.91. The average molecular weight is 387 g/mol. The third-order valence-electron chi connectivity index (χ3n) is 0. The molecule has 0 aliphatic heterocycles. The maximum atomic E-state index is 8.89. The molecule has 6 nitrogen and oxygen atoms in total. The number of hydrogen-bond donors (Lipinski definition) is 0. The van der Waals surface area contributed by atoms with Crippen LogP contribution in [0.1, 0.15) is 6.92 Å². The van der Waals surface area contributed by atoms with Gasteiger partial charge in [-0.3, -0.25) is 8.42 Å². The molecule has 0 N–H and O–H groups in total. The van der Waals surface area contributed by atoms with E-state index in [9.17, 15) is 0 Å². The first-order chi connectivity index (χ1) is 3.73. The van der Waals surface area contributed by atoms with Crippen molar-refractivity contribution in [3.05, 3.63) is 0 Å². The molecule has 13 heavy (non-hydrogen) atoms. The van der Waals surface area contributed by atoms with Gasteiger partial charge in [-0.1, -0.05) is 0 Å². The van der Waals surface area contributed by atoms with E-state index in [1.165, 1.54) is 0 Å². The average Bonchev–Trinajstić information content (AvgIpc) is 1.19. The molecular formula is C2H3ClO6SZn3+2. The van der Waals surface area contributed by atoms with E-state index in [0.29, 0.717) is 0 Å². The van der Waals surface area contributed by atoms with Crippen LogP contribution < -0.4 is 17.5 Å². The van der Waals surface area contributed by atoms with Gasteiger partial charge in [0.2, 0.25) is 0 Å². The Morgan fingerprint density at radius 2 is 1.08 bits per heavy atom. The quantitative estimate of drug-likeness (QED) is 0.232. The van der Waals surface area contributed by atoms with Gasteiger partial charge in [0.05, 0.1) is 0 Å². The van der Waals surface area contributed by atoms with E-state index < -0.39 is 16.4 Å². The molecule has 0 aromatic heterocycles. The maximum absolute atomic E-state index is 8.89. The van der Waals surface area contributed by atoms with E-state index in [-0.39, 0.29) is 70.8 Å². The van der Waals surface area contributed by atoms with Crippen LogP contribution in [0.3, 0.4) is 0 Å². The number of carbonyl (C=O) groups excluding carboxylic acids is 1. The summed E-state index contributed by atoms with van der Waals surface area (Å²) in [6, 6.07) is 0. The number of halogens is 1. The molecule has 11 heteroatoms. The molecule has 0 saturated heterocycles. The number of hydrogen-bond acceptors (Lipinski definition) is 6. The van der Waals surface area contributed by atoms with E-state index >= 15 is 0 Å². The molecule has 0 rings (SSSR count). The Balaban J connectivity index is -0.0000000146. The van der Waals surface area contributed by atoms with Crippen molar-refractivity contribution in [2.45, 2.75) is 6.92 Å². The second-order valence-corrected chi connectivity index (χ2v) is 1.72. The van der Waals surface area contributed by atoms with Crippen molar-refractivity contribution in [1.29, 1.82) is 0 Å². The molecule has 0 heterocycles. The van der Waals surface area contributed by atoms with Crippen molar-refractivity contribution in [2.24, 2.45) is 0 Å². The summed E-state index contributed by atoms with van der Waals surface area (Å²) >= 11 is 0. The van der Waals surface area contributed by atoms with Gasteiger partial charge in [-0.15, -0.1) is 0 Å². The molecule has 0 aliphatic rings. The van der Waals surface area contributed by atoms with Crippen LogP contribution in [-0.2, 0) is 73.6 Å². The molecule has 0 amide bonds. The van der Waals surface area contributed by atoms with Crippen LogP contribution in [0, 0.1) is 0 Å². The molecule has 64 valence electrons. The van der Waals surface area contributed by atoms with Crippen LogP contribution in [0.25, 0.3) is 0 Å². The largest absolute Gasteiger partial charge is 2.00 e. The van der Waals surface area contributed by atoms with Gasteiger partial charge >= 0.3 is 58.4 Å². The molecule has 0 aliphatic carbocycles. The molecule has 0 unspecified atom stereocenters. The van der Waals surface area contributed by atoms with Crippen molar-refractivity contribution < 1.29 is 98.3 Å². The minimum absolute atomic E-state index is 0. The van der Waals surface area contributed by atoms with Crippen molar-refractivity contribution >= 4 is 16.4 Å². The Kier molecular flexibility index (Phi) is 53.8. The van der Waals surface area contributed by atoms with Gasteiger partial charge in [0.1, 0.15) is 0 Å². The second-order valence-electron chi connectivity index (χ2n) is 0.900. The first-order valence-electron chi connectivity index (χ1n) is 1.57. The monoisotopic (exact) mass is 382 g/mol. The summed E-state index contributed by atoms with van der Waals surface area (Å²) < 4.78 is 34.1. The first kappa shape index (κ1) is 36.6. The van der Waals surface area contributed by atoms with Gasteiger partial charge in [0, 0.05) is 16.4 Å². The van der Waals surface area contributed by atoms with Crippen molar-refractivity contribution in [1.82, 2.24) is 0 Å². The molecule has 0 atom stereocenters. The van der Waals surface area contributed by atoms with Gasteiger partial charge in [0.15, 0.2) is 0 Å². The standard InChI is InChI=1S/C2H4O2.ClH.H2O4S.3Zn/c1-2(3)4;;1-5(2,3)4;;;/h1H3,(H,3,4);1H;(H2,1,2,3,4);;;/q;;;3*+2/p-4. The SMILES string of the molecule is CC(=O)[O-].O=S(=O)([O-])[O-].[Cl-].[Zn+2].[Zn+2].[Zn+2]. The maximum Gasteiger partial charge on any atom is 2.00 e. The van der Waals surface area contributed by atoms with Crippen LogP contribution in [0.15, 0.2) is 0 Å². The molecule has 0 spiro atoms. The van der Waals surface area contributed by atoms with E-state index in [2.05, 4.69) is 0 Å². The zero-order valence-electron chi connectivity index (χ0n) is 6.86. The Morgan fingerprint density at radius 1 is 1.08 bits per heavy atom. The van der Waals surface area contributed by atoms with E-state index in [1.54, 1.807) is 0 Å². The number of aliphatic carboxylic acids is 1. The van der Waals surface area contributed by atoms with Crippen LogP contribution >= 0.6 is 0 Å². The second kappa shape index (κ2) is 19.1. The number of carboxylic acid groups (broad SMARTS) is 1. The van der Waals surface area contributed by atoms with Gasteiger partial charge in [-0.05, 0) is 6.92 Å². The van der Waals surface area contributed by atoms with E-state index in [0.717, 1.165) is 6.92 Å². The van der Waals surface area contributed by atoms with Gasteiger partial charge in [0.25, 0.3) is 0 Å². The molecule has 0 radical (unpaired) electrons. The Bertz CT molecular complexity index is 168. The summed E-state index contributed by atoms with van der Waals surface area (Å²) in [7, 11) is -5.17. The van der Waals surface area contributed by atoms with Crippen LogP contribution in [0.2, 0.25) is 0 Å². The van der Waals surface area contributed by atoms with E-state index in [4.69, 9.17) is 27.4 Å². The van der Waals surface area contributed by atoms with Crippen LogP contribution in [-0.4, -0.2) is 23.5 Å². The van der Waals surface area contributed by atoms with Crippen molar-refractivity contribution in [3.63, 3.8) is 0 Å². The zero-order valence-corrected chi connectivity index (χ0v) is 17.3. The fraction of sp³-hybridized carbons (Fsp3) is 0.500. The minimum atomic E-state index is -5.17. The zero-order chi connectivity index (χ0) is 8.08. The molecule has 0 aromatic rings. The predicted octanol–water partition coefficient (Wildman–Crippen LogP) is -5.59.